The molecule has 69 heavy (non-hydrogen) atoms. The van der Waals surface area contributed by atoms with Gasteiger partial charge in [-0.1, -0.05) is 31.2 Å². The fourth-order valence-corrected chi connectivity index (χ4v) is 10.0. The zero-order valence-electron chi connectivity index (χ0n) is 42.0. The predicted molar refractivity (Wildman–Crippen MR) is 250 cm³/mol. The molecular weight excluding hydrogens is 901 g/mol. The van der Waals surface area contributed by atoms with Gasteiger partial charge in [0.2, 0.25) is 0 Å². The first-order valence-corrected chi connectivity index (χ1v) is 24.1. The molecule has 4 aliphatic heterocycles. The first-order valence-electron chi connectivity index (χ1n) is 24.1. The molecule has 1 aromatic carbocycles. The number of phenolic OH excluding ortho intramolecular Hbond substituents is 2. The quantitative estimate of drug-likeness (QED) is 0.108. The number of nitrogens with zero attached hydrogens (tertiary/aromatic N) is 2. The Kier molecular flexibility index (Phi) is 20.6. The highest BCUT2D eigenvalue weighted by molar-refractivity contribution is 5.90. The van der Waals surface area contributed by atoms with Crippen LogP contribution in [0, 0.1) is 11.8 Å². The minimum atomic E-state index is -1.57. The van der Waals surface area contributed by atoms with Crippen molar-refractivity contribution >= 4 is 18.2 Å². The van der Waals surface area contributed by atoms with E-state index in [9.17, 15) is 39.9 Å². The largest absolute Gasteiger partial charge is 0.504 e. The number of methoxy groups -OCH3 is 1. The first-order chi connectivity index (χ1) is 32.5. The van der Waals surface area contributed by atoms with Crippen molar-refractivity contribution in [1.29, 1.82) is 0 Å². The molecular formula is C50H78N2O17. The SMILES string of the molecule is COC1[C@H](O)CC(=O)O[C@H](C)C/C=C/C=C/[C@H](O[C@H]2CC[C@H](N(C)C)[C@@H](C)O2)[C@H](C)C[C@H](CC=O)[C@@H]1O[C@@H]1O[C@H](C)[C@@H](O[C@H]2C[C@@](C)(O)[C@@H](O)[C@H](C)O2)[C@H](N(C)C)[C@H]1OC(=O)c1ccc(O)c(O)c1. The lowest BCUT2D eigenvalue weighted by Crippen LogP contribution is -2.66. The van der Waals surface area contributed by atoms with Crippen molar-refractivity contribution in [3.8, 4) is 11.5 Å². The molecule has 0 bridgehead atoms. The van der Waals surface area contributed by atoms with Crippen molar-refractivity contribution in [2.75, 3.05) is 35.3 Å². The highest BCUT2D eigenvalue weighted by Crippen LogP contribution is 2.39. The predicted octanol–water partition coefficient (Wildman–Crippen LogP) is 3.60. The number of aliphatic hydroxyl groups excluding tert-OH is 2. The monoisotopic (exact) mass is 979 g/mol. The lowest BCUT2D eigenvalue weighted by molar-refractivity contribution is -0.343. The van der Waals surface area contributed by atoms with Crippen LogP contribution >= 0.6 is 0 Å². The summed E-state index contributed by atoms with van der Waals surface area (Å²) in [6.07, 6.45) is -3.76. The van der Waals surface area contributed by atoms with Crippen LogP contribution in [-0.2, 0) is 52.2 Å². The number of rotatable bonds is 13. The summed E-state index contributed by atoms with van der Waals surface area (Å²) in [6.45, 7) is 10.6. The standard InChI is InChI=1S/C50H78N2O17/c1-27-23-32(21-22-53)44(45(61-11)37(56)25-39(57)62-28(2)15-13-12-14-16-38(27)66-40-20-18-34(51(7)8)29(3)63-40)69-49-46(68-48(59)33-17-19-35(54)36(55)24-33)42(52(9)10)43(30(4)65-49)67-41-26-50(6,60)47(58)31(5)64-41/h12-14,16-17,19,22,24,27-32,34,37-38,40-47,49,54-56,58,60H,15,18,20-21,23,25-26H2,1-11H3/b13-12+,16-14+/t27-,28-,29-,30-,31+,32+,34+,37-,38+,40+,41+,42+,43-,44+,45?,46-,47+,49+,50-/m1/s1. The lowest BCUT2D eigenvalue weighted by atomic mass is 9.82. The fourth-order valence-electron chi connectivity index (χ4n) is 10.0. The van der Waals surface area contributed by atoms with Gasteiger partial charge in [0.25, 0.3) is 0 Å². The normalized spacial score (nSPS) is 40.7. The van der Waals surface area contributed by atoms with Crippen molar-refractivity contribution in [1.82, 2.24) is 9.80 Å². The molecule has 3 fully saturated rings. The number of likely N-dealkylation sites (N-methyl/N-ethyl adjacent to an activating group) is 2. The second-order valence-electron chi connectivity index (χ2n) is 19.9. The van der Waals surface area contributed by atoms with Crippen LogP contribution in [0.15, 0.2) is 42.5 Å². The molecule has 0 aromatic heterocycles. The number of benzene rings is 1. The number of cyclic esters (lactones) is 1. The van der Waals surface area contributed by atoms with Crippen LogP contribution in [0.4, 0.5) is 0 Å². The number of aldehydes is 1. The van der Waals surface area contributed by atoms with Gasteiger partial charge < -0.3 is 82.8 Å². The van der Waals surface area contributed by atoms with E-state index in [1.54, 1.807) is 39.8 Å². The Morgan fingerprint density at radius 1 is 0.855 bits per heavy atom. The molecule has 0 radical (unpaired) electrons. The van der Waals surface area contributed by atoms with E-state index in [0.717, 1.165) is 24.8 Å². The Labute approximate surface area is 406 Å². The van der Waals surface area contributed by atoms with E-state index in [1.807, 2.05) is 52.2 Å². The Balaban J connectivity index is 1.57. The fraction of sp³-hybridized carbons (Fsp3) is 0.740. The van der Waals surface area contributed by atoms with Crippen molar-refractivity contribution < 1.29 is 82.5 Å². The molecule has 5 rings (SSSR count). The molecule has 4 heterocycles. The van der Waals surface area contributed by atoms with E-state index >= 15 is 0 Å². The summed E-state index contributed by atoms with van der Waals surface area (Å²) >= 11 is 0. The van der Waals surface area contributed by atoms with Crippen LogP contribution < -0.4 is 0 Å². The second-order valence-corrected chi connectivity index (χ2v) is 19.9. The van der Waals surface area contributed by atoms with Gasteiger partial charge in [0.15, 0.2) is 36.5 Å². The van der Waals surface area contributed by atoms with Crippen molar-refractivity contribution in [3.63, 3.8) is 0 Å². The van der Waals surface area contributed by atoms with Gasteiger partial charge in [-0.25, -0.2) is 4.79 Å². The van der Waals surface area contributed by atoms with Crippen LogP contribution in [0.3, 0.4) is 0 Å². The number of carbonyl (C=O) groups excluding carboxylic acids is 3. The molecule has 3 saturated heterocycles. The van der Waals surface area contributed by atoms with Crippen LogP contribution in [0.1, 0.15) is 96.8 Å². The van der Waals surface area contributed by atoms with Gasteiger partial charge >= 0.3 is 11.9 Å². The van der Waals surface area contributed by atoms with Gasteiger partial charge in [0, 0.05) is 32.4 Å². The second kappa shape index (κ2) is 25.2. The zero-order valence-corrected chi connectivity index (χ0v) is 42.0. The molecule has 390 valence electrons. The summed E-state index contributed by atoms with van der Waals surface area (Å²) in [4.78, 5) is 44.1. The summed E-state index contributed by atoms with van der Waals surface area (Å²) in [7, 11) is 8.85. The van der Waals surface area contributed by atoms with E-state index in [0.29, 0.717) is 12.8 Å². The van der Waals surface area contributed by atoms with E-state index in [-0.39, 0.29) is 42.9 Å². The number of allylic oxidation sites excluding steroid dienone is 2. The summed E-state index contributed by atoms with van der Waals surface area (Å²) in [5, 5.41) is 54.1. The first kappa shape index (κ1) is 56.3. The van der Waals surface area contributed by atoms with E-state index in [4.69, 9.17) is 42.6 Å². The summed E-state index contributed by atoms with van der Waals surface area (Å²) in [5.74, 6) is -3.71. The van der Waals surface area contributed by atoms with Crippen LogP contribution in [0.25, 0.3) is 0 Å². The lowest BCUT2D eigenvalue weighted by Gasteiger charge is -2.50. The number of carbonyl (C=O) groups is 3. The molecule has 1 unspecified atom stereocenters. The highest BCUT2D eigenvalue weighted by atomic mass is 16.7. The van der Waals surface area contributed by atoms with Crippen LogP contribution in [0.2, 0.25) is 0 Å². The van der Waals surface area contributed by atoms with Crippen molar-refractivity contribution in [2.24, 2.45) is 11.8 Å². The molecule has 0 amide bonds. The summed E-state index contributed by atoms with van der Waals surface area (Å²) in [5.41, 5.74) is -1.69. The number of ether oxygens (including phenoxy) is 9. The van der Waals surface area contributed by atoms with Gasteiger partial charge in [-0.05, 0) is 112 Å². The Bertz CT molecular complexity index is 1880. The number of aromatic hydroxyl groups is 2. The zero-order chi connectivity index (χ0) is 50.9. The van der Waals surface area contributed by atoms with Crippen molar-refractivity contribution in [2.45, 2.75) is 190 Å². The minimum Gasteiger partial charge on any atom is -0.504 e. The number of hydrogen-bond donors (Lipinski definition) is 5. The molecule has 19 nitrogen and oxygen atoms in total. The maximum atomic E-state index is 14.1. The summed E-state index contributed by atoms with van der Waals surface area (Å²) < 4.78 is 57.3. The smallest absolute Gasteiger partial charge is 0.338 e. The Hall–Kier alpha value is -3.57. The third-order valence-electron chi connectivity index (χ3n) is 13.8. The number of hydrogen-bond acceptors (Lipinski definition) is 19. The minimum absolute atomic E-state index is 0.102. The Morgan fingerprint density at radius 3 is 2.19 bits per heavy atom. The molecule has 19 atom stereocenters. The van der Waals surface area contributed by atoms with E-state index < -0.39 is 127 Å². The third kappa shape index (κ3) is 14.8. The highest BCUT2D eigenvalue weighted by Gasteiger charge is 2.54. The maximum Gasteiger partial charge on any atom is 0.338 e. The van der Waals surface area contributed by atoms with E-state index in [2.05, 4.69) is 4.90 Å². The number of aliphatic hydroxyl groups is 3. The van der Waals surface area contributed by atoms with Gasteiger partial charge in [-0.3, -0.25) is 4.79 Å². The molecule has 0 spiro atoms. The van der Waals surface area contributed by atoms with Crippen LogP contribution in [0.5, 0.6) is 11.5 Å². The molecule has 5 N–H and O–H groups in total. The molecule has 0 saturated carbocycles. The van der Waals surface area contributed by atoms with Crippen molar-refractivity contribution in [3.05, 3.63) is 48.1 Å². The van der Waals surface area contributed by atoms with Gasteiger partial charge in [-0.15, -0.1) is 0 Å². The van der Waals surface area contributed by atoms with Gasteiger partial charge in [0.05, 0.1) is 60.3 Å². The Morgan fingerprint density at radius 2 is 1.57 bits per heavy atom. The number of esters is 2. The third-order valence-corrected chi connectivity index (χ3v) is 13.8. The molecule has 0 aliphatic carbocycles. The van der Waals surface area contributed by atoms with Gasteiger partial charge in [-0.2, -0.15) is 0 Å². The van der Waals surface area contributed by atoms with E-state index in [1.165, 1.54) is 20.1 Å². The molecule has 4 aliphatic rings. The maximum absolute atomic E-state index is 14.1. The van der Waals surface area contributed by atoms with Gasteiger partial charge in [0.1, 0.15) is 30.7 Å². The topological polar surface area (TPSA) is 242 Å². The summed E-state index contributed by atoms with van der Waals surface area (Å²) in [6, 6.07) is 2.77. The average molecular weight is 979 g/mol. The molecule has 1 aromatic rings. The number of phenols is 2. The molecule has 19 heteroatoms. The average Bonchev–Trinajstić information content (AvgIpc) is 3.26. The van der Waals surface area contributed by atoms with Crippen LogP contribution in [-0.4, -0.2) is 193 Å².